The quantitative estimate of drug-likeness (QED) is 0.751. The summed E-state index contributed by atoms with van der Waals surface area (Å²) in [5, 5.41) is 7.35. The second-order valence-electron chi connectivity index (χ2n) is 5.68. The van der Waals surface area contributed by atoms with Gasteiger partial charge in [0.2, 0.25) is 0 Å². The average Bonchev–Trinajstić information content (AvgIpc) is 3.02. The summed E-state index contributed by atoms with van der Waals surface area (Å²) in [6.07, 6.45) is 2.91. The van der Waals surface area contributed by atoms with Gasteiger partial charge in [-0.25, -0.2) is 0 Å². The third-order valence-corrected chi connectivity index (χ3v) is 3.80. The molecular weight excluding hydrogens is 316 g/mol. The van der Waals surface area contributed by atoms with Crippen LogP contribution < -0.4 is 10.1 Å². The minimum absolute atomic E-state index is 0.173. The highest BCUT2D eigenvalue weighted by Gasteiger charge is 2.15. The molecule has 3 rings (SSSR count). The number of aryl methyl sites for hydroxylation is 1. The molecule has 25 heavy (non-hydrogen) atoms. The van der Waals surface area contributed by atoms with Crippen molar-refractivity contribution in [2.45, 2.75) is 19.6 Å². The van der Waals surface area contributed by atoms with Crippen molar-refractivity contribution < 1.29 is 9.53 Å². The van der Waals surface area contributed by atoms with E-state index in [9.17, 15) is 4.79 Å². The summed E-state index contributed by atoms with van der Waals surface area (Å²) in [4.78, 5) is 16.3. The first-order valence-electron chi connectivity index (χ1n) is 8.06. The van der Waals surface area contributed by atoms with Crippen LogP contribution in [0.5, 0.6) is 5.75 Å². The van der Waals surface area contributed by atoms with Gasteiger partial charge in [0, 0.05) is 25.0 Å². The van der Waals surface area contributed by atoms with E-state index >= 15 is 0 Å². The lowest BCUT2D eigenvalue weighted by molar-refractivity contribution is -0.127. The summed E-state index contributed by atoms with van der Waals surface area (Å²) in [6, 6.07) is 15.1. The van der Waals surface area contributed by atoms with Gasteiger partial charge in [-0.15, -0.1) is 0 Å². The number of pyridine rings is 1. The van der Waals surface area contributed by atoms with Gasteiger partial charge in [0.05, 0.1) is 17.9 Å². The number of rotatable bonds is 6. The third kappa shape index (κ3) is 4.23. The molecule has 0 saturated heterocycles. The highest BCUT2D eigenvalue weighted by Crippen LogP contribution is 2.17. The van der Waals surface area contributed by atoms with Crippen molar-refractivity contribution in [2.75, 3.05) is 0 Å². The first kappa shape index (κ1) is 16.7. The molecule has 1 aromatic carbocycles. The van der Waals surface area contributed by atoms with Crippen molar-refractivity contribution >= 4 is 5.91 Å². The number of benzene rings is 1. The minimum Gasteiger partial charge on any atom is -0.481 e. The molecule has 1 atom stereocenters. The average molecular weight is 336 g/mol. The number of aromatic nitrogens is 3. The Morgan fingerprint density at radius 1 is 1.24 bits per heavy atom. The van der Waals surface area contributed by atoms with E-state index < -0.39 is 6.10 Å². The predicted octanol–water partition coefficient (Wildman–Crippen LogP) is 2.57. The SMILES string of the molecule is CC(Oc1ccccc1)C(=O)NCc1cc(-c2cccnc2)nn1C. The van der Waals surface area contributed by atoms with E-state index in [0.29, 0.717) is 12.3 Å². The molecule has 2 aromatic heterocycles. The second-order valence-corrected chi connectivity index (χ2v) is 5.68. The van der Waals surface area contributed by atoms with Crippen molar-refractivity contribution in [1.29, 1.82) is 0 Å². The maximum absolute atomic E-state index is 12.2. The molecule has 2 heterocycles. The highest BCUT2D eigenvalue weighted by molar-refractivity contribution is 5.80. The van der Waals surface area contributed by atoms with Crippen LogP contribution in [-0.4, -0.2) is 26.8 Å². The zero-order chi connectivity index (χ0) is 17.6. The molecule has 6 nitrogen and oxygen atoms in total. The Morgan fingerprint density at radius 2 is 2.04 bits per heavy atom. The molecular formula is C19H20N4O2. The van der Waals surface area contributed by atoms with Crippen LogP contribution >= 0.6 is 0 Å². The third-order valence-electron chi connectivity index (χ3n) is 3.80. The first-order chi connectivity index (χ1) is 12.1. The van der Waals surface area contributed by atoms with Crippen LogP contribution in [0, 0.1) is 0 Å². The van der Waals surface area contributed by atoms with Gasteiger partial charge >= 0.3 is 0 Å². The molecule has 0 aliphatic heterocycles. The number of nitrogens with zero attached hydrogens (tertiary/aromatic N) is 3. The summed E-state index contributed by atoms with van der Waals surface area (Å²) in [7, 11) is 1.85. The minimum atomic E-state index is -0.576. The largest absolute Gasteiger partial charge is 0.481 e. The number of hydrogen-bond donors (Lipinski definition) is 1. The van der Waals surface area contributed by atoms with Crippen molar-refractivity contribution in [1.82, 2.24) is 20.1 Å². The first-order valence-corrected chi connectivity index (χ1v) is 8.06. The topological polar surface area (TPSA) is 69.0 Å². The molecule has 128 valence electrons. The van der Waals surface area contributed by atoms with Gasteiger partial charge in [0.15, 0.2) is 6.10 Å². The number of para-hydroxylation sites is 1. The van der Waals surface area contributed by atoms with E-state index in [1.165, 1.54) is 0 Å². The Bertz CT molecular complexity index is 831. The Labute approximate surface area is 146 Å². The summed E-state index contributed by atoms with van der Waals surface area (Å²) in [5.74, 6) is 0.498. The van der Waals surface area contributed by atoms with Crippen molar-refractivity contribution in [3.8, 4) is 17.0 Å². The monoisotopic (exact) mass is 336 g/mol. The van der Waals surface area contributed by atoms with Crippen LogP contribution in [0.25, 0.3) is 11.3 Å². The Morgan fingerprint density at radius 3 is 2.76 bits per heavy atom. The molecule has 0 saturated carbocycles. The lowest BCUT2D eigenvalue weighted by Gasteiger charge is -2.14. The van der Waals surface area contributed by atoms with Crippen LogP contribution in [0.3, 0.4) is 0 Å². The number of ether oxygens (including phenoxy) is 1. The van der Waals surface area contributed by atoms with Gasteiger partial charge in [-0.2, -0.15) is 5.10 Å². The highest BCUT2D eigenvalue weighted by atomic mass is 16.5. The van der Waals surface area contributed by atoms with Crippen LogP contribution in [-0.2, 0) is 18.4 Å². The fourth-order valence-corrected chi connectivity index (χ4v) is 2.40. The normalized spacial score (nSPS) is 11.8. The van der Waals surface area contributed by atoms with Gasteiger partial charge < -0.3 is 10.1 Å². The van der Waals surface area contributed by atoms with E-state index in [2.05, 4.69) is 15.4 Å². The molecule has 1 N–H and O–H groups in total. The zero-order valence-electron chi connectivity index (χ0n) is 14.2. The molecule has 0 spiro atoms. The Hall–Kier alpha value is -3.15. The standard InChI is InChI=1S/C19H20N4O2/c1-14(25-17-8-4-3-5-9-17)19(24)21-13-16-11-18(22-23(16)2)15-7-6-10-20-12-15/h3-12,14H,13H2,1-2H3,(H,21,24). The van der Waals surface area contributed by atoms with Gasteiger partial charge in [-0.3, -0.25) is 14.5 Å². The van der Waals surface area contributed by atoms with Crippen molar-refractivity contribution in [2.24, 2.45) is 7.05 Å². The maximum Gasteiger partial charge on any atom is 0.261 e. The molecule has 1 unspecified atom stereocenters. The van der Waals surface area contributed by atoms with E-state index in [1.54, 1.807) is 24.0 Å². The summed E-state index contributed by atoms with van der Waals surface area (Å²) >= 11 is 0. The van der Waals surface area contributed by atoms with Crippen LogP contribution in [0.15, 0.2) is 60.9 Å². The van der Waals surface area contributed by atoms with E-state index in [-0.39, 0.29) is 5.91 Å². The zero-order valence-corrected chi connectivity index (χ0v) is 14.2. The number of hydrogen-bond acceptors (Lipinski definition) is 4. The number of carbonyl (C=O) groups excluding carboxylic acids is 1. The van der Waals surface area contributed by atoms with E-state index in [0.717, 1.165) is 17.0 Å². The van der Waals surface area contributed by atoms with Gasteiger partial charge in [0.25, 0.3) is 5.91 Å². The van der Waals surface area contributed by atoms with Gasteiger partial charge in [-0.1, -0.05) is 18.2 Å². The lowest BCUT2D eigenvalue weighted by Crippen LogP contribution is -2.36. The fourth-order valence-electron chi connectivity index (χ4n) is 2.40. The maximum atomic E-state index is 12.2. The number of carbonyl (C=O) groups is 1. The van der Waals surface area contributed by atoms with E-state index in [4.69, 9.17) is 4.74 Å². The second kappa shape index (κ2) is 7.61. The Kier molecular flexibility index (Phi) is 5.09. The molecule has 0 aliphatic carbocycles. The Balaban J connectivity index is 1.60. The number of amides is 1. The molecule has 6 heteroatoms. The van der Waals surface area contributed by atoms with Gasteiger partial charge in [-0.05, 0) is 37.3 Å². The molecule has 0 aliphatic rings. The van der Waals surface area contributed by atoms with Crippen LogP contribution in [0.1, 0.15) is 12.6 Å². The lowest BCUT2D eigenvalue weighted by atomic mass is 10.2. The molecule has 0 fully saturated rings. The van der Waals surface area contributed by atoms with Crippen molar-refractivity contribution in [3.05, 3.63) is 66.6 Å². The summed E-state index contributed by atoms with van der Waals surface area (Å²) in [6.45, 7) is 2.11. The summed E-state index contributed by atoms with van der Waals surface area (Å²) in [5.41, 5.74) is 2.67. The molecule has 1 amide bonds. The van der Waals surface area contributed by atoms with Gasteiger partial charge in [0.1, 0.15) is 5.75 Å². The van der Waals surface area contributed by atoms with Crippen molar-refractivity contribution in [3.63, 3.8) is 0 Å². The summed E-state index contributed by atoms with van der Waals surface area (Å²) < 4.78 is 7.38. The van der Waals surface area contributed by atoms with Crippen LogP contribution in [0.4, 0.5) is 0 Å². The van der Waals surface area contributed by atoms with E-state index in [1.807, 2.05) is 55.6 Å². The molecule has 0 radical (unpaired) electrons. The molecule has 0 bridgehead atoms. The fraction of sp³-hybridized carbons (Fsp3) is 0.211. The number of nitrogens with one attached hydrogen (secondary N) is 1. The smallest absolute Gasteiger partial charge is 0.261 e. The predicted molar refractivity (Wildman–Crippen MR) is 94.8 cm³/mol. The van der Waals surface area contributed by atoms with Crippen LogP contribution in [0.2, 0.25) is 0 Å². The molecule has 3 aromatic rings.